The standard InChI is InChI=1S/C12H14N2O5S/c1-8-5-9(6-13)3-4-10(8)20(18,19)14-7-12(2,17)11(15)16/h3-5,14,17H,7H2,1-2H3,(H,15,16). The van der Waals surface area contributed by atoms with Crippen LogP contribution in [0.2, 0.25) is 0 Å². The van der Waals surface area contributed by atoms with Crippen molar-refractivity contribution in [1.82, 2.24) is 4.72 Å². The largest absolute Gasteiger partial charge is 0.479 e. The maximum atomic E-state index is 12.0. The van der Waals surface area contributed by atoms with Crippen LogP contribution in [0.3, 0.4) is 0 Å². The number of rotatable bonds is 5. The summed E-state index contributed by atoms with van der Waals surface area (Å²) in [4.78, 5) is 10.6. The first-order valence-corrected chi connectivity index (χ1v) is 7.04. The molecule has 0 heterocycles. The minimum absolute atomic E-state index is 0.0716. The van der Waals surface area contributed by atoms with Gasteiger partial charge in [0, 0.05) is 0 Å². The summed E-state index contributed by atoms with van der Waals surface area (Å²) in [5, 5.41) is 26.9. The Kier molecular flexibility index (Phi) is 4.50. The van der Waals surface area contributed by atoms with E-state index < -0.39 is 28.1 Å². The molecule has 108 valence electrons. The van der Waals surface area contributed by atoms with E-state index in [4.69, 9.17) is 10.4 Å². The molecule has 1 rings (SSSR count). The summed E-state index contributed by atoms with van der Waals surface area (Å²) in [6.07, 6.45) is 0. The second-order valence-corrected chi connectivity index (χ2v) is 6.23. The van der Waals surface area contributed by atoms with E-state index in [2.05, 4.69) is 0 Å². The molecule has 0 spiro atoms. The Labute approximate surface area is 116 Å². The second-order valence-electron chi connectivity index (χ2n) is 4.50. The summed E-state index contributed by atoms with van der Waals surface area (Å²) in [5.41, 5.74) is -1.53. The van der Waals surface area contributed by atoms with Gasteiger partial charge >= 0.3 is 5.97 Å². The predicted molar refractivity (Wildman–Crippen MR) is 69.3 cm³/mol. The van der Waals surface area contributed by atoms with Crippen LogP contribution in [-0.4, -0.2) is 36.7 Å². The van der Waals surface area contributed by atoms with Gasteiger partial charge in [-0.25, -0.2) is 17.9 Å². The number of carboxylic acid groups (broad SMARTS) is 1. The lowest BCUT2D eigenvalue weighted by Crippen LogP contribution is -2.46. The van der Waals surface area contributed by atoms with Crippen molar-refractivity contribution in [2.75, 3.05) is 6.54 Å². The predicted octanol–water partition coefficient (Wildman–Crippen LogP) is -0.0194. The molecule has 1 aromatic carbocycles. The number of hydrogen-bond acceptors (Lipinski definition) is 5. The van der Waals surface area contributed by atoms with Gasteiger partial charge in [0.05, 0.1) is 23.1 Å². The molecule has 0 bridgehead atoms. The van der Waals surface area contributed by atoms with Crippen LogP contribution in [0.15, 0.2) is 23.1 Å². The number of nitriles is 1. The number of benzene rings is 1. The van der Waals surface area contributed by atoms with Crippen LogP contribution < -0.4 is 4.72 Å². The Hall–Kier alpha value is -1.95. The molecule has 1 unspecified atom stereocenters. The van der Waals surface area contributed by atoms with Gasteiger partial charge in [0.2, 0.25) is 10.0 Å². The van der Waals surface area contributed by atoms with Crippen LogP contribution in [0.4, 0.5) is 0 Å². The Morgan fingerprint density at radius 1 is 1.50 bits per heavy atom. The Bertz CT molecular complexity index is 674. The van der Waals surface area contributed by atoms with Gasteiger partial charge in [-0.05, 0) is 37.6 Å². The van der Waals surface area contributed by atoms with Gasteiger partial charge in [0.15, 0.2) is 5.60 Å². The number of hydrogen-bond donors (Lipinski definition) is 3. The van der Waals surface area contributed by atoms with Crippen molar-refractivity contribution in [2.45, 2.75) is 24.3 Å². The van der Waals surface area contributed by atoms with Crippen LogP contribution in [0.1, 0.15) is 18.1 Å². The van der Waals surface area contributed by atoms with Crippen molar-refractivity contribution < 1.29 is 23.4 Å². The molecule has 0 aliphatic rings. The van der Waals surface area contributed by atoms with Crippen molar-refractivity contribution >= 4 is 16.0 Å². The zero-order valence-electron chi connectivity index (χ0n) is 10.9. The van der Waals surface area contributed by atoms with Gasteiger partial charge < -0.3 is 10.2 Å². The molecule has 7 nitrogen and oxygen atoms in total. The van der Waals surface area contributed by atoms with Gasteiger partial charge in [-0.15, -0.1) is 0 Å². The van der Waals surface area contributed by atoms with Crippen molar-refractivity contribution in [2.24, 2.45) is 0 Å². The van der Waals surface area contributed by atoms with E-state index in [1.54, 1.807) is 0 Å². The lowest BCUT2D eigenvalue weighted by atomic mass is 10.1. The molecular formula is C12H14N2O5S. The smallest absolute Gasteiger partial charge is 0.336 e. The van der Waals surface area contributed by atoms with Crippen molar-refractivity contribution in [3.63, 3.8) is 0 Å². The quantitative estimate of drug-likeness (QED) is 0.701. The number of sulfonamides is 1. The molecule has 1 aromatic rings. The average Bonchev–Trinajstić information content (AvgIpc) is 2.36. The number of nitrogens with zero attached hydrogens (tertiary/aromatic N) is 1. The van der Waals surface area contributed by atoms with Gasteiger partial charge in [-0.2, -0.15) is 5.26 Å². The Balaban J connectivity index is 3.02. The first kappa shape index (κ1) is 16.1. The molecule has 0 aliphatic heterocycles. The number of carbonyl (C=O) groups is 1. The molecular weight excluding hydrogens is 284 g/mol. The highest BCUT2D eigenvalue weighted by molar-refractivity contribution is 7.89. The van der Waals surface area contributed by atoms with E-state index in [0.29, 0.717) is 11.1 Å². The van der Waals surface area contributed by atoms with Crippen molar-refractivity contribution in [3.8, 4) is 6.07 Å². The summed E-state index contributed by atoms with van der Waals surface area (Å²) >= 11 is 0. The van der Waals surface area contributed by atoms with Crippen molar-refractivity contribution in [1.29, 1.82) is 5.26 Å². The average molecular weight is 298 g/mol. The van der Waals surface area contributed by atoms with Crippen LogP contribution >= 0.6 is 0 Å². The highest BCUT2D eigenvalue weighted by atomic mass is 32.2. The minimum atomic E-state index is -3.97. The van der Waals surface area contributed by atoms with E-state index in [-0.39, 0.29) is 4.90 Å². The van der Waals surface area contributed by atoms with Crippen LogP contribution in [0, 0.1) is 18.3 Å². The third kappa shape index (κ3) is 3.54. The first-order chi connectivity index (χ1) is 9.10. The maximum Gasteiger partial charge on any atom is 0.336 e. The molecule has 20 heavy (non-hydrogen) atoms. The normalized spacial score (nSPS) is 14.3. The summed E-state index contributed by atoms with van der Waals surface area (Å²) in [6.45, 7) is 1.85. The fourth-order valence-corrected chi connectivity index (χ4v) is 2.77. The van der Waals surface area contributed by atoms with Crippen LogP contribution in [-0.2, 0) is 14.8 Å². The third-order valence-corrected chi connectivity index (χ3v) is 4.22. The molecule has 0 amide bonds. The topological polar surface area (TPSA) is 127 Å². The minimum Gasteiger partial charge on any atom is -0.479 e. The molecule has 3 N–H and O–H groups in total. The molecule has 0 radical (unpaired) electrons. The van der Waals surface area contributed by atoms with E-state index in [1.165, 1.54) is 25.1 Å². The second kappa shape index (κ2) is 5.58. The first-order valence-electron chi connectivity index (χ1n) is 5.56. The van der Waals surface area contributed by atoms with E-state index in [1.807, 2.05) is 10.8 Å². The van der Waals surface area contributed by atoms with Gasteiger partial charge in [0.25, 0.3) is 0 Å². The number of aliphatic hydroxyl groups is 1. The highest BCUT2D eigenvalue weighted by Gasteiger charge is 2.32. The SMILES string of the molecule is Cc1cc(C#N)ccc1S(=O)(=O)NCC(C)(O)C(=O)O. The lowest BCUT2D eigenvalue weighted by molar-refractivity contribution is -0.155. The summed E-state index contributed by atoms with van der Waals surface area (Å²) in [5.74, 6) is -1.53. The molecule has 0 saturated heterocycles. The monoisotopic (exact) mass is 298 g/mol. The Morgan fingerprint density at radius 2 is 2.10 bits per heavy atom. The zero-order valence-corrected chi connectivity index (χ0v) is 11.7. The number of aryl methyl sites for hydroxylation is 1. The van der Waals surface area contributed by atoms with Crippen molar-refractivity contribution in [3.05, 3.63) is 29.3 Å². The zero-order chi connectivity index (χ0) is 15.6. The molecule has 0 fully saturated rings. The lowest BCUT2D eigenvalue weighted by Gasteiger charge is -2.18. The number of aliphatic carboxylic acids is 1. The molecule has 0 aliphatic carbocycles. The van der Waals surface area contributed by atoms with E-state index >= 15 is 0 Å². The summed E-state index contributed by atoms with van der Waals surface area (Å²) < 4.78 is 26.1. The van der Waals surface area contributed by atoms with Gasteiger partial charge in [0.1, 0.15) is 0 Å². The summed E-state index contributed by atoms with van der Waals surface area (Å²) in [7, 11) is -3.97. The number of carboxylic acids is 1. The van der Waals surface area contributed by atoms with Crippen LogP contribution in [0.25, 0.3) is 0 Å². The molecule has 1 atom stereocenters. The fraction of sp³-hybridized carbons (Fsp3) is 0.333. The summed E-state index contributed by atoms with van der Waals surface area (Å²) in [6, 6.07) is 5.89. The molecule has 0 aromatic heterocycles. The van der Waals surface area contributed by atoms with Gasteiger partial charge in [-0.3, -0.25) is 0 Å². The van der Waals surface area contributed by atoms with E-state index in [0.717, 1.165) is 6.92 Å². The fourth-order valence-electron chi connectivity index (χ4n) is 1.41. The number of nitrogens with one attached hydrogen (secondary N) is 1. The van der Waals surface area contributed by atoms with Crippen LogP contribution in [0.5, 0.6) is 0 Å². The van der Waals surface area contributed by atoms with E-state index in [9.17, 15) is 18.3 Å². The molecule has 8 heteroatoms. The molecule has 0 saturated carbocycles. The third-order valence-electron chi connectivity index (χ3n) is 2.66. The maximum absolute atomic E-state index is 12.0. The highest BCUT2D eigenvalue weighted by Crippen LogP contribution is 2.16. The Morgan fingerprint density at radius 3 is 2.55 bits per heavy atom. The van der Waals surface area contributed by atoms with Gasteiger partial charge in [-0.1, -0.05) is 0 Å².